The van der Waals surface area contributed by atoms with Crippen molar-refractivity contribution in [2.45, 2.75) is 77.6 Å². The van der Waals surface area contributed by atoms with Crippen LogP contribution in [0.25, 0.3) is 0 Å². The Morgan fingerprint density at radius 1 is 0.933 bits per heavy atom. The van der Waals surface area contributed by atoms with Gasteiger partial charge >= 0.3 is 0 Å². The first-order chi connectivity index (χ1) is 14.5. The lowest BCUT2D eigenvalue weighted by atomic mass is 9.77. The van der Waals surface area contributed by atoms with Crippen molar-refractivity contribution in [1.82, 2.24) is 9.80 Å². The molecule has 4 heteroatoms. The van der Waals surface area contributed by atoms with Crippen molar-refractivity contribution < 1.29 is 9.47 Å². The van der Waals surface area contributed by atoms with Crippen LogP contribution in [0.1, 0.15) is 77.6 Å². The minimum Gasteiger partial charge on any atom is -0.501 e. The Labute approximate surface area is 186 Å². The average Bonchev–Trinajstić information content (AvgIpc) is 3.12. The molecular formula is C26H48N2O2. The molecule has 0 saturated carbocycles. The summed E-state index contributed by atoms with van der Waals surface area (Å²) < 4.78 is 11.8. The molecule has 4 nitrogen and oxygen atoms in total. The Balaban J connectivity index is 1.85. The molecule has 2 aliphatic rings. The predicted octanol–water partition coefficient (Wildman–Crippen LogP) is 5.85. The Bertz CT molecular complexity index is 519. The largest absolute Gasteiger partial charge is 0.501 e. The first kappa shape index (κ1) is 25.3. The zero-order valence-corrected chi connectivity index (χ0v) is 20.5. The fourth-order valence-electron chi connectivity index (χ4n) is 5.10. The highest BCUT2D eigenvalue weighted by Gasteiger charge is 2.40. The molecule has 174 valence electrons. The first-order valence-electron chi connectivity index (χ1n) is 12.4. The second kappa shape index (κ2) is 13.4. The second-order valence-electron chi connectivity index (χ2n) is 9.73. The monoisotopic (exact) mass is 420 g/mol. The number of unbranched alkanes of at least 4 members (excludes halogenated alkanes) is 7. The van der Waals surface area contributed by atoms with Gasteiger partial charge in [-0.3, -0.25) is 0 Å². The van der Waals surface area contributed by atoms with Gasteiger partial charge in [-0.25, -0.2) is 0 Å². The van der Waals surface area contributed by atoms with E-state index in [1.54, 1.807) is 0 Å². The first-order valence-corrected chi connectivity index (χ1v) is 12.4. The maximum atomic E-state index is 5.91. The SMILES string of the molecule is CCCCCCCCCCC1C(OC)=CC2(C=C1OC)CCN(CCCN(C)C)C2. The molecule has 0 unspecified atom stereocenters. The molecule has 30 heavy (non-hydrogen) atoms. The maximum absolute atomic E-state index is 5.91. The molecule has 1 heterocycles. The zero-order valence-electron chi connectivity index (χ0n) is 20.5. The van der Waals surface area contributed by atoms with Gasteiger partial charge < -0.3 is 19.3 Å². The molecule has 0 radical (unpaired) electrons. The van der Waals surface area contributed by atoms with E-state index in [9.17, 15) is 0 Å². The normalized spacial score (nSPS) is 24.4. The molecule has 0 atom stereocenters. The van der Waals surface area contributed by atoms with E-state index in [0.29, 0.717) is 5.92 Å². The van der Waals surface area contributed by atoms with Gasteiger partial charge in [0, 0.05) is 12.0 Å². The third-order valence-electron chi connectivity index (χ3n) is 6.86. The Morgan fingerprint density at radius 2 is 1.53 bits per heavy atom. The van der Waals surface area contributed by atoms with Crippen LogP contribution in [0.4, 0.5) is 0 Å². The number of methoxy groups -OCH3 is 2. The van der Waals surface area contributed by atoms with Gasteiger partial charge in [0.25, 0.3) is 0 Å². The summed E-state index contributed by atoms with van der Waals surface area (Å²) in [5.74, 6) is 2.56. The van der Waals surface area contributed by atoms with E-state index in [4.69, 9.17) is 9.47 Å². The summed E-state index contributed by atoms with van der Waals surface area (Å²) >= 11 is 0. The van der Waals surface area contributed by atoms with Gasteiger partial charge in [0.05, 0.1) is 20.1 Å². The Kier molecular flexibility index (Phi) is 11.3. The van der Waals surface area contributed by atoms with Gasteiger partial charge in [-0.2, -0.15) is 0 Å². The van der Waals surface area contributed by atoms with Crippen LogP contribution in [0, 0.1) is 11.3 Å². The van der Waals surface area contributed by atoms with Crippen molar-refractivity contribution >= 4 is 0 Å². The quantitative estimate of drug-likeness (QED) is 0.310. The van der Waals surface area contributed by atoms with E-state index < -0.39 is 0 Å². The standard InChI is InChI=1S/C26H48N2O2/c1-6-7-8-9-10-11-12-13-15-23-24(29-4)20-26(21-25(23)30-5)16-19-28(22-26)18-14-17-27(2)3/h20-21,23H,6-19,22H2,1-5H3. The molecule has 0 N–H and O–H groups in total. The van der Waals surface area contributed by atoms with Crippen molar-refractivity contribution in [2.75, 3.05) is 54.5 Å². The minimum atomic E-state index is 0.0879. The third-order valence-corrected chi connectivity index (χ3v) is 6.86. The van der Waals surface area contributed by atoms with Crippen molar-refractivity contribution in [3.63, 3.8) is 0 Å². The van der Waals surface area contributed by atoms with Crippen molar-refractivity contribution in [2.24, 2.45) is 11.3 Å². The minimum absolute atomic E-state index is 0.0879. The van der Waals surface area contributed by atoms with E-state index in [1.165, 1.54) is 70.8 Å². The van der Waals surface area contributed by atoms with E-state index in [1.807, 2.05) is 14.2 Å². The number of ether oxygens (including phenoxy) is 2. The topological polar surface area (TPSA) is 24.9 Å². The number of nitrogens with zero attached hydrogens (tertiary/aromatic N) is 2. The number of hydrogen-bond donors (Lipinski definition) is 0. The van der Waals surface area contributed by atoms with Gasteiger partial charge in [0.15, 0.2) is 0 Å². The summed E-state index contributed by atoms with van der Waals surface area (Å²) in [6.45, 7) is 6.86. The van der Waals surface area contributed by atoms with Crippen LogP contribution >= 0.6 is 0 Å². The van der Waals surface area contributed by atoms with Crippen LogP contribution in [0.15, 0.2) is 23.7 Å². The highest BCUT2D eigenvalue weighted by atomic mass is 16.5. The molecule has 0 aromatic heterocycles. The second-order valence-corrected chi connectivity index (χ2v) is 9.73. The van der Waals surface area contributed by atoms with Crippen LogP contribution in [0.3, 0.4) is 0 Å². The highest BCUT2D eigenvalue weighted by molar-refractivity contribution is 5.30. The molecule has 1 fully saturated rings. The summed E-state index contributed by atoms with van der Waals surface area (Å²) in [4.78, 5) is 4.88. The Morgan fingerprint density at radius 3 is 2.10 bits per heavy atom. The van der Waals surface area contributed by atoms with Gasteiger partial charge in [0.1, 0.15) is 11.5 Å². The van der Waals surface area contributed by atoms with Crippen LogP contribution < -0.4 is 0 Å². The van der Waals surface area contributed by atoms with E-state index in [2.05, 4.69) is 43.0 Å². The smallest absolute Gasteiger partial charge is 0.103 e. The Hall–Kier alpha value is -1.00. The van der Waals surface area contributed by atoms with Crippen LogP contribution in [0.5, 0.6) is 0 Å². The van der Waals surface area contributed by atoms with Gasteiger partial charge in [-0.1, -0.05) is 58.3 Å². The van der Waals surface area contributed by atoms with Gasteiger partial charge in [-0.05, 0) is 65.1 Å². The molecule has 0 amide bonds. The lowest BCUT2D eigenvalue weighted by Crippen LogP contribution is -2.31. The molecular weight excluding hydrogens is 372 g/mol. The molecule has 1 aliphatic heterocycles. The van der Waals surface area contributed by atoms with Gasteiger partial charge in [-0.15, -0.1) is 0 Å². The van der Waals surface area contributed by atoms with Crippen LogP contribution in [-0.4, -0.2) is 64.3 Å². The molecule has 0 aromatic rings. The fourth-order valence-corrected chi connectivity index (χ4v) is 5.10. The maximum Gasteiger partial charge on any atom is 0.103 e. The summed E-state index contributed by atoms with van der Waals surface area (Å²) in [6, 6.07) is 0. The molecule has 0 aromatic carbocycles. The molecule has 1 aliphatic carbocycles. The van der Waals surface area contributed by atoms with E-state index >= 15 is 0 Å². The van der Waals surface area contributed by atoms with Gasteiger partial charge in [0.2, 0.25) is 0 Å². The number of likely N-dealkylation sites (tertiary alicyclic amines) is 1. The molecule has 1 saturated heterocycles. The van der Waals surface area contributed by atoms with Crippen molar-refractivity contribution in [1.29, 1.82) is 0 Å². The molecule has 1 spiro atoms. The van der Waals surface area contributed by atoms with E-state index in [0.717, 1.165) is 37.6 Å². The zero-order chi connectivity index (χ0) is 21.8. The number of hydrogen-bond acceptors (Lipinski definition) is 4. The highest BCUT2D eigenvalue weighted by Crippen LogP contribution is 2.44. The summed E-state index contributed by atoms with van der Waals surface area (Å²) in [7, 11) is 7.98. The summed E-state index contributed by atoms with van der Waals surface area (Å²) in [6.07, 6.45) is 19.2. The van der Waals surface area contributed by atoms with Crippen LogP contribution in [-0.2, 0) is 9.47 Å². The average molecular weight is 421 g/mol. The third kappa shape index (κ3) is 7.92. The number of rotatable bonds is 15. The van der Waals surface area contributed by atoms with Crippen molar-refractivity contribution in [3.05, 3.63) is 23.7 Å². The fraction of sp³-hybridized carbons (Fsp3) is 0.846. The summed E-state index contributed by atoms with van der Waals surface area (Å²) in [5.41, 5.74) is 0.0879. The van der Waals surface area contributed by atoms with E-state index in [-0.39, 0.29) is 5.41 Å². The van der Waals surface area contributed by atoms with Crippen molar-refractivity contribution in [3.8, 4) is 0 Å². The molecule has 0 bridgehead atoms. The lowest BCUT2D eigenvalue weighted by molar-refractivity contribution is 0.168. The molecule has 2 rings (SSSR count). The summed E-state index contributed by atoms with van der Waals surface area (Å²) in [5, 5.41) is 0. The predicted molar refractivity (Wildman–Crippen MR) is 128 cm³/mol. The van der Waals surface area contributed by atoms with Crippen LogP contribution in [0.2, 0.25) is 0 Å². The lowest BCUT2D eigenvalue weighted by Gasteiger charge is -2.33.